The van der Waals surface area contributed by atoms with Gasteiger partial charge in [0.05, 0.1) is 0 Å². The summed E-state index contributed by atoms with van der Waals surface area (Å²) in [4.78, 5) is 19.3. The molecule has 0 spiro atoms. The molecule has 1 atom stereocenters. The molecule has 4 N–H and O–H groups in total. The van der Waals surface area contributed by atoms with Gasteiger partial charge in [0.25, 0.3) is 0 Å². The number of carbonyl (C=O) groups is 2. The summed E-state index contributed by atoms with van der Waals surface area (Å²) < 4.78 is 0. The van der Waals surface area contributed by atoms with Gasteiger partial charge in [-0.25, -0.2) is 4.79 Å². The van der Waals surface area contributed by atoms with Crippen LogP contribution in [0.2, 0.25) is 0 Å². The number of rotatable bonds is 3. The monoisotopic (exact) mass is 190 g/mol. The van der Waals surface area contributed by atoms with Crippen molar-refractivity contribution in [3.8, 4) is 0 Å². The van der Waals surface area contributed by atoms with E-state index in [1.165, 1.54) is 0 Å². The van der Waals surface area contributed by atoms with Crippen LogP contribution in [0.25, 0.3) is 0 Å². The van der Waals surface area contributed by atoms with E-state index in [-0.39, 0.29) is 56.9 Å². The Kier molecular flexibility index (Phi) is 13.7. The Labute approximate surface area is 105 Å². The largest absolute Gasteiger partial charge is 1.00 e. The third-order valence-electron chi connectivity index (χ3n) is 0.645. The standard InChI is InChI=1S/C4H6O5.K.H2O/c5-2(4(8)9)1-3(6)7;;/h2,5H,1H2,(H,6,7)(H,8,9);;1H2/q;+1;/p-1. The van der Waals surface area contributed by atoms with Crippen LogP contribution in [0.15, 0.2) is 0 Å². The molecule has 0 aromatic carbocycles. The number of carbonyl (C=O) groups excluding carboxylic acids is 1. The minimum Gasteiger partial charge on any atom is -0.550 e. The molecule has 0 bridgehead atoms. The van der Waals surface area contributed by atoms with Gasteiger partial charge in [-0.3, -0.25) is 0 Å². The smallest absolute Gasteiger partial charge is 0.550 e. The summed E-state index contributed by atoms with van der Waals surface area (Å²) >= 11 is 0. The molecule has 1 unspecified atom stereocenters. The van der Waals surface area contributed by atoms with Crippen LogP contribution in [0, 0.1) is 0 Å². The molecule has 0 aromatic rings. The van der Waals surface area contributed by atoms with Gasteiger partial charge < -0.3 is 25.6 Å². The van der Waals surface area contributed by atoms with Crippen molar-refractivity contribution in [1.29, 1.82) is 0 Å². The van der Waals surface area contributed by atoms with Crippen LogP contribution >= 0.6 is 0 Å². The quantitative estimate of drug-likeness (QED) is 0.427. The second kappa shape index (κ2) is 8.59. The number of carboxylic acid groups (broad SMARTS) is 2. The maximum Gasteiger partial charge on any atom is 1.00 e. The minimum atomic E-state index is -1.85. The second-order valence-corrected chi connectivity index (χ2v) is 1.43. The fourth-order valence-corrected chi connectivity index (χ4v) is 0.245. The van der Waals surface area contributed by atoms with Gasteiger partial charge in [-0.15, -0.1) is 0 Å². The predicted octanol–water partition coefficient (Wildman–Crippen LogP) is -6.25. The van der Waals surface area contributed by atoms with Crippen LogP contribution in [-0.2, 0) is 9.59 Å². The fraction of sp³-hybridized carbons (Fsp3) is 0.500. The van der Waals surface area contributed by atoms with E-state index in [1.54, 1.807) is 0 Å². The van der Waals surface area contributed by atoms with E-state index >= 15 is 0 Å². The molecule has 0 amide bonds. The van der Waals surface area contributed by atoms with Crippen LogP contribution in [-0.4, -0.2) is 33.7 Å². The maximum atomic E-state index is 9.69. The van der Waals surface area contributed by atoms with E-state index < -0.39 is 24.5 Å². The van der Waals surface area contributed by atoms with Crippen LogP contribution in [0.5, 0.6) is 0 Å². The Bertz CT molecular complexity index is 135. The van der Waals surface area contributed by atoms with Crippen molar-refractivity contribution >= 4 is 11.9 Å². The van der Waals surface area contributed by atoms with E-state index in [9.17, 15) is 14.7 Å². The van der Waals surface area contributed by atoms with Gasteiger partial charge in [-0.05, 0) is 0 Å². The molecule has 0 saturated heterocycles. The summed E-state index contributed by atoms with van der Waals surface area (Å²) in [5, 5.41) is 25.7. The predicted molar refractivity (Wildman–Crippen MR) is 26.9 cm³/mol. The van der Waals surface area contributed by atoms with Crippen molar-refractivity contribution in [2.24, 2.45) is 0 Å². The van der Waals surface area contributed by atoms with Gasteiger partial charge in [-0.2, -0.15) is 0 Å². The van der Waals surface area contributed by atoms with Crippen molar-refractivity contribution in [3.63, 3.8) is 0 Å². The van der Waals surface area contributed by atoms with E-state index in [1.807, 2.05) is 0 Å². The Morgan fingerprint density at radius 3 is 1.91 bits per heavy atom. The molecule has 60 valence electrons. The normalized spacial score (nSPS) is 10.3. The Morgan fingerprint density at radius 2 is 1.82 bits per heavy atom. The molecule has 0 fully saturated rings. The molecule has 7 heteroatoms. The first kappa shape index (κ1) is 17.5. The van der Waals surface area contributed by atoms with E-state index in [0.29, 0.717) is 0 Å². The van der Waals surface area contributed by atoms with Crippen molar-refractivity contribution in [3.05, 3.63) is 0 Å². The summed E-state index contributed by atoms with van der Waals surface area (Å²) in [7, 11) is 0. The number of hydrogen-bond acceptors (Lipinski definition) is 4. The zero-order chi connectivity index (χ0) is 7.44. The summed E-state index contributed by atoms with van der Waals surface area (Å²) in [5.41, 5.74) is 0. The zero-order valence-corrected chi connectivity index (χ0v) is 9.03. The summed E-state index contributed by atoms with van der Waals surface area (Å²) in [6.07, 6.45) is -2.72. The van der Waals surface area contributed by atoms with Crippen molar-refractivity contribution in [2.45, 2.75) is 12.5 Å². The fourth-order valence-electron chi connectivity index (χ4n) is 0.245. The number of carboxylic acids is 2. The van der Waals surface area contributed by atoms with E-state index in [4.69, 9.17) is 10.2 Å². The molecule has 0 rings (SSSR count). The van der Waals surface area contributed by atoms with Crippen LogP contribution < -0.4 is 56.5 Å². The van der Waals surface area contributed by atoms with Crippen molar-refractivity contribution < 1.29 is 81.8 Å². The topological polar surface area (TPSA) is 129 Å². The Hall–Kier alpha value is 0.496. The first-order valence-electron chi connectivity index (χ1n) is 2.14. The zero-order valence-electron chi connectivity index (χ0n) is 5.90. The van der Waals surface area contributed by atoms with E-state index in [0.717, 1.165) is 0 Å². The number of aliphatic hydroxyl groups is 1. The van der Waals surface area contributed by atoms with Gasteiger partial charge in [0, 0.05) is 12.4 Å². The molecule has 11 heavy (non-hydrogen) atoms. The molecule has 0 heterocycles. The minimum absolute atomic E-state index is 0. The molecule has 0 saturated carbocycles. The average molecular weight is 190 g/mol. The Balaban J connectivity index is -0.000000320. The molecular formula is C4H7KO6. The summed E-state index contributed by atoms with van der Waals surface area (Å²) in [5.74, 6) is -3.14. The molecule has 0 aliphatic heterocycles. The van der Waals surface area contributed by atoms with Gasteiger partial charge in [0.15, 0.2) is 6.10 Å². The first-order chi connectivity index (χ1) is 4.04. The van der Waals surface area contributed by atoms with Crippen LogP contribution in [0.3, 0.4) is 0 Å². The number of aliphatic hydroxyl groups excluding tert-OH is 1. The summed E-state index contributed by atoms with van der Waals surface area (Å²) in [6, 6.07) is 0. The van der Waals surface area contributed by atoms with Crippen molar-refractivity contribution in [2.75, 3.05) is 0 Å². The first-order valence-corrected chi connectivity index (χ1v) is 2.14. The van der Waals surface area contributed by atoms with Gasteiger partial charge in [0.1, 0.15) is 0 Å². The maximum absolute atomic E-state index is 9.69. The molecule has 0 aromatic heterocycles. The summed E-state index contributed by atoms with van der Waals surface area (Å²) in [6.45, 7) is 0. The van der Waals surface area contributed by atoms with Crippen molar-refractivity contribution in [1.82, 2.24) is 0 Å². The molecule has 0 aliphatic rings. The molecule has 0 radical (unpaired) electrons. The third kappa shape index (κ3) is 10.5. The third-order valence-corrected chi connectivity index (χ3v) is 0.645. The number of aliphatic carboxylic acids is 2. The van der Waals surface area contributed by atoms with Gasteiger partial charge >= 0.3 is 57.4 Å². The second-order valence-electron chi connectivity index (χ2n) is 1.43. The molecular weight excluding hydrogens is 183 g/mol. The van der Waals surface area contributed by atoms with Gasteiger partial charge in [-0.1, -0.05) is 0 Å². The van der Waals surface area contributed by atoms with E-state index in [2.05, 4.69) is 0 Å². The average Bonchev–Trinajstić information content (AvgIpc) is 1.63. The van der Waals surface area contributed by atoms with Crippen LogP contribution in [0.4, 0.5) is 0 Å². The van der Waals surface area contributed by atoms with Gasteiger partial charge in [0.2, 0.25) is 0 Å². The SMILES string of the molecule is O.O=C([O-])CC(O)C(=O)O.[K+]. The molecule has 0 aliphatic carbocycles. The molecule has 6 nitrogen and oxygen atoms in total. The number of hydrogen-bond donors (Lipinski definition) is 2. The Morgan fingerprint density at radius 1 is 1.45 bits per heavy atom. The van der Waals surface area contributed by atoms with Crippen LogP contribution in [0.1, 0.15) is 6.42 Å².